The highest BCUT2D eigenvalue weighted by Gasteiger charge is 2.10. The molecule has 0 saturated heterocycles. The van der Waals surface area contributed by atoms with E-state index in [-0.39, 0.29) is 0 Å². The molecule has 1 aliphatic rings. The molecule has 0 N–H and O–H groups in total. The Morgan fingerprint density at radius 3 is 3.10 bits per heavy atom. The summed E-state index contributed by atoms with van der Waals surface area (Å²) in [6.07, 6.45) is 2.51. The summed E-state index contributed by atoms with van der Waals surface area (Å²) in [7, 11) is 0. The van der Waals surface area contributed by atoms with Crippen LogP contribution in [-0.2, 0) is 4.79 Å². The van der Waals surface area contributed by atoms with Crippen LogP contribution in [-0.4, -0.2) is 42.4 Å². The maximum absolute atomic E-state index is 10.3. The molecule has 0 fully saturated rings. The Hall–Kier alpha value is -1.06. The van der Waals surface area contributed by atoms with Crippen LogP contribution in [0, 0.1) is 0 Å². The monoisotopic (exact) mass is 141 g/mol. The number of carbonyl (C=O) groups excluding carboxylic acids is 1. The first-order valence-corrected chi connectivity index (χ1v) is 3.37. The summed E-state index contributed by atoms with van der Waals surface area (Å²) in [4.78, 5) is 14.3. The van der Waals surface area contributed by atoms with E-state index in [4.69, 9.17) is 0 Å². The topological polar surface area (TPSA) is 35.9 Å². The van der Waals surface area contributed by atoms with E-state index in [0.717, 1.165) is 19.5 Å². The number of rotatable bonds is 3. The van der Waals surface area contributed by atoms with Gasteiger partial charge in [0.05, 0.1) is 13.1 Å². The van der Waals surface area contributed by atoms with Gasteiger partial charge in [-0.3, -0.25) is 19.8 Å². The van der Waals surface area contributed by atoms with Crippen LogP contribution in [0.1, 0.15) is 6.92 Å². The molecule has 0 radical (unpaired) electrons. The van der Waals surface area contributed by atoms with Gasteiger partial charge in [0, 0.05) is 6.54 Å². The highest BCUT2D eigenvalue weighted by molar-refractivity contribution is 5.60. The van der Waals surface area contributed by atoms with Crippen molar-refractivity contribution >= 4 is 12.7 Å². The van der Waals surface area contributed by atoms with Gasteiger partial charge in [-0.05, 0) is 6.92 Å². The third kappa shape index (κ3) is 1.26. The second-order valence-electron chi connectivity index (χ2n) is 2.05. The highest BCUT2D eigenvalue weighted by Crippen LogP contribution is 1.96. The Morgan fingerprint density at radius 1 is 1.90 bits per heavy atom. The third-order valence-corrected chi connectivity index (χ3v) is 1.45. The highest BCUT2D eigenvalue weighted by atomic mass is 16.1. The maximum Gasteiger partial charge on any atom is 0.228 e. The van der Waals surface area contributed by atoms with E-state index < -0.39 is 0 Å². The molecule has 0 aromatic heterocycles. The van der Waals surface area contributed by atoms with E-state index in [1.807, 2.05) is 11.9 Å². The second-order valence-corrected chi connectivity index (χ2v) is 2.05. The van der Waals surface area contributed by atoms with Gasteiger partial charge in [0.15, 0.2) is 0 Å². The Labute approximate surface area is 60.1 Å². The first kappa shape index (κ1) is 7.05. The van der Waals surface area contributed by atoms with Crippen molar-refractivity contribution in [3.63, 3.8) is 0 Å². The van der Waals surface area contributed by atoms with E-state index >= 15 is 0 Å². The van der Waals surface area contributed by atoms with Gasteiger partial charge in [-0.25, -0.2) is 0 Å². The number of carbonyl (C=O) groups is 1. The van der Waals surface area contributed by atoms with Crippen LogP contribution in [0.15, 0.2) is 4.99 Å². The summed E-state index contributed by atoms with van der Waals surface area (Å²) < 4.78 is 0. The maximum atomic E-state index is 10.3. The van der Waals surface area contributed by atoms with Gasteiger partial charge in [-0.2, -0.15) is 0 Å². The first-order valence-electron chi connectivity index (χ1n) is 3.37. The predicted molar refractivity (Wildman–Crippen MR) is 38.5 cm³/mol. The summed E-state index contributed by atoms with van der Waals surface area (Å²) in [5, 5.41) is 3.41. The molecular weight excluding hydrogens is 130 g/mol. The van der Waals surface area contributed by atoms with Crippen molar-refractivity contribution in [1.82, 2.24) is 10.0 Å². The average Bonchev–Trinajstić information content (AvgIpc) is 2.43. The Balaban J connectivity index is 2.44. The molecule has 1 amide bonds. The lowest BCUT2D eigenvalue weighted by Crippen LogP contribution is -2.39. The molecule has 0 aromatic carbocycles. The molecule has 0 aliphatic carbocycles. The minimum absolute atomic E-state index is 0.704. The summed E-state index contributed by atoms with van der Waals surface area (Å²) >= 11 is 0. The van der Waals surface area contributed by atoms with Gasteiger partial charge >= 0.3 is 0 Å². The molecule has 0 saturated carbocycles. The van der Waals surface area contributed by atoms with E-state index in [1.54, 1.807) is 11.3 Å². The normalized spacial score (nSPS) is 15.9. The van der Waals surface area contributed by atoms with Crippen LogP contribution in [0.2, 0.25) is 0 Å². The molecule has 4 nitrogen and oxygen atoms in total. The molecule has 0 unspecified atom stereocenters. The van der Waals surface area contributed by atoms with Crippen LogP contribution in [0.3, 0.4) is 0 Å². The molecular formula is C6H11N3O. The van der Waals surface area contributed by atoms with Crippen LogP contribution in [0.25, 0.3) is 0 Å². The van der Waals surface area contributed by atoms with Crippen LogP contribution < -0.4 is 0 Å². The molecule has 0 spiro atoms. The molecule has 4 heteroatoms. The number of aliphatic imine (C=N–C) groups is 1. The Kier molecular flexibility index (Phi) is 2.25. The van der Waals surface area contributed by atoms with E-state index in [0.29, 0.717) is 6.54 Å². The zero-order chi connectivity index (χ0) is 7.40. The van der Waals surface area contributed by atoms with Crippen LogP contribution in [0.4, 0.5) is 0 Å². The van der Waals surface area contributed by atoms with E-state index in [1.165, 1.54) is 0 Å². The number of amides is 1. The molecule has 0 bridgehead atoms. The summed E-state index contributed by atoms with van der Waals surface area (Å²) in [6.45, 7) is 4.26. The van der Waals surface area contributed by atoms with Crippen LogP contribution in [0.5, 0.6) is 0 Å². The molecule has 0 aromatic rings. The quantitative estimate of drug-likeness (QED) is 0.507. The van der Waals surface area contributed by atoms with Gasteiger partial charge in [-0.1, -0.05) is 0 Å². The lowest BCUT2D eigenvalue weighted by Gasteiger charge is -2.24. The minimum atomic E-state index is 0.704. The lowest BCUT2D eigenvalue weighted by atomic mass is 10.6. The Morgan fingerprint density at radius 2 is 2.70 bits per heavy atom. The second kappa shape index (κ2) is 3.20. The minimum Gasteiger partial charge on any atom is -0.277 e. The van der Waals surface area contributed by atoms with Gasteiger partial charge in [0.2, 0.25) is 6.41 Å². The van der Waals surface area contributed by atoms with Crippen molar-refractivity contribution in [1.29, 1.82) is 0 Å². The zero-order valence-electron chi connectivity index (χ0n) is 6.03. The fourth-order valence-corrected chi connectivity index (χ4v) is 0.881. The van der Waals surface area contributed by atoms with Crippen LogP contribution >= 0.6 is 0 Å². The molecule has 1 aliphatic heterocycles. The fraction of sp³-hybridized carbons (Fsp3) is 0.667. The predicted octanol–water partition coefficient (Wildman–Crippen LogP) is -0.276. The van der Waals surface area contributed by atoms with Crippen molar-refractivity contribution in [2.24, 2.45) is 4.99 Å². The van der Waals surface area contributed by atoms with Crippen molar-refractivity contribution < 1.29 is 4.79 Å². The first-order chi connectivity index (χ1) is 4.88. The molecule has 1 heterocycles. The molecule has 56 valence electrons. The van der Waals surface area contributed by atoms with Crippen molar-refractivity contribution in [2.45, 2.75) is 6.92 Å². The van der Waals surface area contributed by atoms with Crippen molar-refractivity contribution in [3.8, 4) is 0 Å². The number of hydrazine groups is 1. The van der Waals surface area contributed by atoms with E-state index in [9.17, 15) is 4.79 Å². The summed E-state index contributed by atoms with van der Waals surface area (Å²) in [5.74, 6) is 0. The van der Waals surface area contributed by atoms with Gasteiger partial charge in [-0.15, -0.1) is 0 Å². The SMILES string of the molecule is CCN(C=O)N1C=NCC1. The van der Waals surface area contributed by atoms with Crippen molar-refractivity contribution in [3.05, 3.63) is 0 Å². The fourth-order valence-electron chi connectivity index (χ4n) is 0.881. The standard InChI is InChI=1S/C6H11N3O/c1-2-8(6-10)9-4-3-7-5-9/h5-6H,2-4H2,1H3. The summed E-state index contributed by atoms with van der Waals surface area (Å²) in [5.41, 5.74) is 0. The Bertz CT molecular complexity index is 146. The number of nitrogens with zero attached hydrogens (tertiary/aromatic N) is 3. The molecule has 1 rings (SSSR count). The zero-order valence-corrected chi connectivity index (χ0v) is 6.03. The average molecular weight is 141 g/mol. The lowest BCUT2D eigenvalue weighted by molar-refractivity contribution is -0.127. The van der Waals surface area contributed by atoms with Gasteiger partial charge in [0.25, 0.3) is 0 Å². The summed E-state index contributed by atoms with van der Waals surface area (Å²) in [6, 6.07) is 0. The number of hydrogen-bond donors (Lipinski definition) is 0. The largest absolute Gasteiger partial charge is 0.277 e. The third-order valence-electron chi connectivity index (χ3n) is 1.45. The molecule has 10 heavy (non-hydrogen) atoms. The number of hydrogen-bond acceptors (Lipinski definition) is 3. The van der Waals surface area contributed by atoms with Crippen molar-refractivity contribution in [2.75, 3.05) is 19.6 Å². The molecule has 0 atom stereocenters. The van der Waals surface area contributed by atoms with Gasteiger partial charge < -0.3 is 0 Å². The smallest absolute Gasteiger partial charge is 0.228 e. The van der Waals surface area contributed by atoms with E-state index in [2.05, 4.69) is 4.99 Å². The van der Waals surface area contributed by atoms with Gasteiger partial charge in [0.1, 0.15) is 6.34 Å².